The van der Waals surface area contributed by atoms with E-state index >= 15 is 0 Å². The molecule has 0 saturated heterocycles. The van der Waals surface area contributed by atoms with Gasteiger partial charge in [0.2, 0.25) is 0 Å². The van der Waals surface area contributed by atoms with Crippen molar-refractivity contribution < 1.29 is 30.4 Å². The van der Waals surface area contributed by atoms with E-state index in [9.17, 15) is 0 Å². The van der Waals surface area contributed by atoms with Crippen molar-refractivity contribution in [2.45, 2.75) is 26.2 Å². The number of aromatic nitrogens is 4. The Morgan fingerprint density at radius 2 is 1.33 bits per heavy atom. The molecule has 5 nitrogen and oxygen atoms in total. The van der Waals surface area contributed by atoms with E-state index in [0.29, 0.717) is 11.5 Å². The Bertz CT molecular complexity index is 2840. The molecule has 0 atom stereocenters. The van der Waals surface area contributed by atoms with Gasteiger partial charge in [-0.25, -0.2) is 4.98 Å². The zero-order valence-electron chi connectivity index (χ0n) is 28.8. The third-order valence-electron chi connectivity index (χ3n) is 9.94. The van der Waals surface area contributed by atoms with E-state index in [4.69, 9.17) is 9.72 Å². The Hall–Kier alpha value is -5.77. The van der Waals surface area contributed by atoms with Crippen LogP contribution in [0.1, 0.15) is 26.3 Å². The van der Waals surface area contributed by atoms with Crippen LogP contribution < -0.4 is 9.30 Å². The fourth-order valence-electron chi connectivity index (χ4n) is 7.50. The number of rotatable bonds is 4. The number of nitrogens with zero attached hydrogens (tertiary/aromatic N) is 4. The van der Waals surface area contributed by atoms with Crippen LogP contribution >= 0.6 is 0 Å². The van der Waals surface area contributed by atoms with Crippen LogP contribution in [0.25, 0.3) is 72.3 Å². The number of hydrogen-bond donors (Lipinski definition) is 0. The molecule has 52 heavy (non-hydrogen) atoms. The maximum atomic E-state index is 6.54. The molecule has 0 aliphatic carbocycles. The van der Waals surface area contributed by atoms with Gasteiger partial charge in [0.1, 0.15) is 5.82 Å². The zero-order valence-corrected chi connectivity index (χ0v) is 31.1. The fraction of sp³-hybridized carbons (Fsp3) is 0.0870. The number of ether oxygens (including phenoxy) is 1. The van der Waals surface area contributed by atoms with Crippen molar-refractivity contribution in [2.24, 2.45) is 0 Å². The number of fused-ring (bicyclic) bond motifs is 8. The van der Waals surface area contributed by atoms with E-state index < -0.39 is 0 Å². The Balaban J connectivity index is 0.00000360. The topological polar surface area (TPSA) is 35.9 Å². The van der Waals surface area contributed by atoms with E-state index in [-0.39, 0.29) is 26.5 Å². The first-order chi connectivity index (χ1) is 24.9. The van der Waals surface area contributed by atoms with Crippen molar-refractivity contribution in [3.8, 4) is 50.9 Å². The van der Waals surface area contributed by atoms with Gasteiger partial charge in [-0.3, -0.25) is 4.57 Å². The Labute approximate surface area is 316 Å². The number of benzene rings is 6. The van der Waals surface area contributed by atoms with Gasteiger partial charge in [0.25, 0.3) is 6.33 Å². The van der Waals surface area contributed by atoms with Gasteiger partial charge < -0.3 is 13.9 Å². The van der Waals surface area contributed by atoms with Crippen LogP contribution in [-0.2, 0) is 26.5 Å². The molecule has 6 heteroatoms. The third kappa shape index (κ3) is 5.03. The predicted octanol–water partition coefficient (Wildman–Crippen LogP) is 10.5. The van der Waals surface area contributed by atoms with E-state index in [1.54, 1.807) is 0 Å². The summed E-state index contributed by atoms with van der Waals surface area (Å²) in [6, 6.07) is 53.6. The molecule has 0 fully saturated rings. The van der Waals surface area contributed by atoms with Crippen molar-refractivity contribution in [3.63, 3.8) is 0 Å². The molecule has 10 rings (SSSR count). The summed E-state index contributed by atoms with van der Waals surface area (Å²) in [6.45, 7) is 6.67. The van der Waals surface area contributed by atoms with Crippen LogP contribution in [0.15, 0.2) is 140 Å². The SMILES string of the molecule is CC(C)(C)c1ccnc(-n2c3[c-]c(Oc4[c-]c(-n5[c-][n+]6c7c(cccc75)-c5ccccc5-c5ccccc5-6)ccc4)ccc3c3ccccc32)c1.[Pt]. The summed E-state index contributed by atoms with van der Waals surface area (Å²) in [7, 11) is 0. The molecule has 0 bridgehead atoms. The van der Waals surface area contributed by atoms with Crippen molar-refractivity contribution in [2.75, 3.05) is 0 Å². The minimum absolute atomic E-state index is 0. The second kappa shape index (κ2) is 12.2. The Morgan fingerprint density at radius 3 is 2.17 bits per heavy atom. The van der Waals surface area contributed by atoms with Crippen LogP contribution in [0.5, 0.6) is 11.5 Å². The summed E-state index contributed by atoms with van der Waals surface area (Å²) in [5.74, 6) is 2.05. The van der Waals surface area contributed by atoms with Crippen molar-refractivity contribution >= 4 is 32.8 Å². The Kier molecular flexibility index (Phi) is 7.53. The standard InChI is InChI=1S/C46H32N4O.Pt/c1-46(2,3)30-24-25-47-44(26-30)50-41-20-9-7-17-37(41)38-23-22-33(28-43(38)50)51-32-13-10-12-31(27-32)48-29-49-40-19-8-6-16-36(40)34-14-4-5-15-35(34)39-18-11-21-42(48)45(39)49;/h4-26H,1-3H3;/q-2;. The summed E-state index contributed by atoms with van der Waals surface area (Å²) in [5, 5.41) is 2.24. The summed E-state index contributed by atoms with van der Waals surface area (Å²) < 4.78 is 13.0. The van der Waals surface area contributed by atoms with E-state index in [2.05, 4.69) is 162 Å². The largest absolute Gasteiger partial charge is 0.510 e. The summed E-state index contributed by atoms with van der Waals surface area (Å²) >= 11 is 0. The number of imidazole rings is 1. The average Bonchev–Trinajstić information content (AvgIpc) is 3.67. The molecular formula is C46H32N4OPt-2. The first kappa shape index (κ1) is 32.2. The van der Waals surface area contributed by atoms with Crippen molar-refractivity contribution in [3.05, 3.63) is 164 Å². The molecule has 9 aromatic rings. The average molecular weight is 852 g/mol. The third-order valence-corrected chi connectivity index (χ3v) is 9.94. The summed E-state index contributed by atoms with van der Waals surface area (Å²) in [6.07, 6.45) is 5.57. The molecule has 4 heterocycles. The smallest absolute Gasteiger partial charge is 0.268 e. The molecule has 0 N–H and O–H groups in total. The van der Waals surface area contributed by atoms with Gasteiger partial charge in [-0.2, -0.15) is 18.2 Å². The van der Waals surface area contributed by atoms with Crippen molar-refractivity contribution in [1.29, 1.82) is 0 Å². The molecule has 0 radical (unpaired) electrons. The van der Waals surface area contributed by atoms with Gasteiger partial charge >= 0.3 is 0 Å². The van der Waals surface area contributed by atoms with Gasteiger partial charge in [-0.05, 0) is 68.6 Å². The zero-order chi connectivity index (χ0) is 34.3. The molecule has 1 aliphatic rings. The van der Waals surface area contributed by atoms with E-state index in [1.165, 1.54) is 27.8 Å². The second-order valence-corrected chi connectivity index (χ2v) is 14.1. The maximum Gasteiger partial charge on any atom is 0.268 e. The van der Waals surface area contributed by atoms with Gasteiger partial charge in [0.15, 0.2) is 0 Å². The molecular weight excluding hydrogens is 820 g/mol. The van der Waals surface area contributed by atoms with Gasteiger partial charge in [0.05, 0.1) is 16.7 Å². The van der Waals surface area contributed by atoms with Gasteiger partial charge in [-0.15, -0.1) is 29.7 Å². The minimum atomic E-state index is -0.0105. The molecule has 0 amide bonds. The summed E-state index contributed by atoms with van der Waals surface area (Å²) in [5.41, 5.74) is 12.0. The van der Waals surface area contributed by atoms with E-state index in [1.807, 2.05) is 30.5 Å². The van der Waals surface area contributed by atoms with E-state index in [0.717, 1.165) is 50.0 Å². The molecule has 6 aromatic carbocycles. The number of hydrogen-bond acceptors (Lipinski definition) is 2. The maximum absolute atomic E-state index is 6.54. The van der Waals surface area contributed by atoms with Crippen molar-refractivity contribution in [1.82, 2.24) is 14.1 Å². The normalized spacial score (nSPS) is 12.0. The molecule has 3 aromatic heterocycles. The molecule has 0 spiro atoms. The number of para-hydroxylation sites is 3. The molecule has 0 saturated carbocycles. The fourth-order valence-corrected chi connectivity index (χ4v) is 7.50. The first-order valence-corrected chi connectivity index (χ1v) is 17.2. The molecule has 1 aliphatic heterocycles. The predicted molar refractivity (Wildman–Crippen MR) is 203 cm³/mol. The first-order valence-electron chi connectivity index (χ1n) is 17.2. The second-order valence-electron chi connectivity index (χ2n) is 14.1. The van der Waals surface area contributed by atoms with Crippen LogP contribution in [-0.4, -0.2) is 14.1 Å². The van der Waals surface area contributed by atoms with Crippen LogP contribution in [0.3, 0.4) is 0 Å². The molecule has 254 valence electrons. The van der Waals surface area contributed by atoms with Gasteiger partial charge in [-0.1, -0.05) is 105 Å². The minimum Gasteiger partial charge on any atom is -0.510 e. The number of pyridine rings is 1. The van der Waals surface area contributed by atoms with Crippen LogP contribution in [0.2, 0.25) is 0 Å². The quantitative estimate of drug-likeness (QED) is 0.131. The molecule has 0 unspecified atom stereocenters. The summed E-state index contributed by atoms with van der Waals surface area (Å²) in [4.78, 5) is 4.82. The van der Waals surface area contributed by atoms with Gasteiger partial charge in [0, 0.05) is 44.3 Å². The Morgan fingerprint density at radius 1 is 0.635 bits per heavy atom. The van der Waals surface area contributed by atoms with Crippen LogP contribution in [0.4, 0.5) is 0 Å². The van der Waals surface area contributed by atoms with Crippen LogP contribution in [0, 0.1) is 18.5 Å². The monoisotopic (exact) mass is 851 g/mol.